The molecule has 0 aromatic heterocycles. The Morgan fingerprint density at radius 2 is 1.84 bits per heavy atom. The predicted molar refractivity (Wildman–Crippen MR) is 93.9 cm³/mol. The van der Waals surface area contributed by atoms with Gasteiger partial charge in [0.05, 0.1) is 17.2 Å². The summed E-state index contributed by atoms with van der Waals surface area (Å²) in [6.45, 7) is 1.78. The first kappa shape index (κ1) is 17.9. The van der Waals surface area contributed by atoms with Crippen molar-refractivity contribution in [3.05, 3.63) is 75.8 Å². The van der Waals surface area contributed by atoms with Crippen molar-refractivity contribution in [2.45, 2.75) is 6.92 Å². The molecule has 0 fully saturated rings. The van der Waals surface area contributed by atoms with Gasteiger partial charge in [0.2, 0.25) is 0 Å². The SMILES string of the molecule is CCOC(=O)C(C=Nc1ccccc1)=C(O)c1ccc([N+](=O)[O-])cc1. The lowest BCUT2D eigenvalue weighted by Crippen LogP contribution is -2.11. The normalized spacial score (nSPS) is 11.9. The molecule has 0 atom stereocenters. The summed E-state index contributed by atoms with van der Waals surface area (Å²) < 4.78 is 4.94. The molecule has 25 heavy (non-hydrogen) atoms. The zero-order valence-electron chi connectivity index (χ0n) is 13.5. The van der Waals surface area contributed by atoms with Crippen LogP contribution in [0.15, 0.2) is 65.2 Å². The summed E-state index contributed by atoms with van der Waals surface area (Å²) in [5, 5.41) is 21.1. The van der Waals surface area contributed by atoms with Crippen molar-refractivity contribution in [3.63, 3.8) is 0 Å². The second-order valence-electron chi connectivity index (χ2n) is 4.88. The average molecular weight is 340 g/mol. The Bertz CT molecular complexity index is 811. The van der Waals surface area contributed by atoms with Gasteiger partial charge in [-0.05, 0) is 31.2 Å². The number of nitrogens with zero attached hydrogens (tertiary/aromatic N) is 2. The lowest BCUT2D eigenvalue weighted by molar-refractivity contribution is -0.384. The maximum Gasteiger partial charge on any atom is 0.343 e. The molecule has 0 unspecified atom stereocenters. The smallest absolute Gasteiger partial charge is 0.343 e. The van der Waals surface area contributed by atoms with Gasteiger partial charge in [-0.3, -0.25) is 15.1 Å². The highest BCUT2D eigenvalue weighted by atomic mass is 16.6. The number of carbonyl (C=O) groups is 1. The van der Waals surface area contributed by atoms with E-state index in [9.17, 15) is 20.0 Å². The fraction of sp³-hybridized carbons (Fsp3) is 0.111. The Kier molecular flexibility index (Phi) is 6.00. The van der Waals surface area contributed by atoms with Crippen LogP contribution in [0.25, 0.3) is 5.76 Å². The monoisotopic (exact) mass is 340 g/mol. The minimum atomic E-state index is -0.738. The molecule has 2 aromatic rings. The van der Waals surface area contributed by atoms with Crippen molar-refractivity contribution >= 4 is 29.3 Å². The molecule has 0 amide bonds. The highest BCUT2D eigenvalue weighted by Crippen LogP contribution is 2.21. The molecular weight excluding hydrogens is 324 g/mol. The molecule has 7 heteroatoms. The van der Waals surface area contributed by atoms with E-state index >= 15 is 0 Å². The van der Waals surface area contributed by atoms with Crippen LogP contribution in [0.3, 0.4) is 0 Å². The third kappa shape index (κ3) is 4.74. The minimum Gasteiger partial charge on any atom is -0.506 e. The van der Waals surface area contributed by atoms with E-state index in [1.165, 1.54) is 30.5 Å². The fourth-order valence-corrected chi connectivity index (χ4v) is 1.97. The van der Waals surface area contributed by atoms with Crippen LogP contribution in [0.5, 0.6) is 0 Å². The zero-order chi connectivity index (χ0) is 18.2. The lowest BCUT2D eigenvalue weighted by atomic mass is 10.1. The topological polar surface area (TPSA) is 102 Å². The maximum atomic E-state index is 12.1. The maximum absolute atomic E-state index is 12.1. The summed E-state index contributed by atoms with van der Waals surface area (Å²) in [5.74, 6) is -1.11. The molecule has 128 valence electrons. The Morgan fingerprint density at radius 1 is 1.20 bits per heavy atom. The number of para-hydroxylation sites is 1. The van der Waals surface area contributed by atoms with Gasteiger partial charge in [0.1, 0.15) is 11.3 Å². The van der Waals surface area contributed by atoms with Gasteiger partial charge in [-0.15, -0.1) is 0 Å². The zero-order valence-corrected chi connectivity index (χ0v) is 13.5. The van der Waals surface area contributed by atoms with Gasteiger partial charge in [0, 0.05) is 23.9 Å². The minimum absolute atomic E-state index is 0.118. The number of aliphatic hydroxyl groups excluding tert-OH is 1. The summed E-state index contributed by atoms with van der Waals surface area (Å²) >= 11 is 0. The van der Waals surface area contributed by atoms with Gasteiger partial charge in [0.15, 0.2) is 0 Å². The van der Waals surface area contributed by atoms with Gasteiger partial charge in [-0.1, -0.05) is 18.2 Å². The third-order valence-corrected chi connectivity index (χ3v) is 3.20. The summed E-state index contributed by atoms with van der Waals surface area (Å²) in [7, 11) is 0. The molecule has 0 aliphatic heterocycles. The summed E-state index contributed by atoms with van der Waals surface area (Å²) in [6, 6.07) is 14.1. The Morgan fingerprint density at radius 3 is 2.40 bits per heavy atom. The molecule has 1 N–H and O–H groups in total. The van der Waals surface area contributed by atoms with Gasteiger partial charge >= 0.3 is 5.97 Å². The predicted octanol–water partition coefficient (Wildman–Crippen LogP) is 3.83. The first-order valence-electron chi connectivity index (χ1n) is 7.47. The van der Waals surface area contributed by atoms with Gasteiger partial charge in [-0.25, -0.2) is 4.79 Å². The highest BCUT2D eigenvalue weighted by molar-refractivity contribution is 6.15. The van der Waals surface area contributed by atoms with Gasteiger partial charge in [-0.2, -0.15) is 0 Å². The number of hydrogen-bond acceptors (Lipinski definition) is 6. The Hall–Kier alpha value is -3.48. The second kappa shape index (κ2) is 8.39. The number of aliphatic imine (C=N–C) groups is 1. The number of ether oxygens (including phenoxy) is 1. The standard InChI is InChI=1S/C18H16N2O5/c1-2-25-18(22)16(12-19-14-6-4-3-5-7-14)17(21)13-8-10-15(11-9-13)20(23)24/h3-12,21H,2H2,1H3. The molecule has 0 radical (unpaired) electrons. The number of nitro groups is 1. The number of carbonyl (C=O) groups excluding carboxylic acids is 1. The van der Waals surface area contributed by atoms with Crippen molar-refractivity contribution in [1.82, 2.24) is 0 Å². The van der Waals surface area contributed by atoms with E-state index in [4.69, 9.17) is 4.74 Å². The first-order chi connectivity index (χ1) is 12.0. The third-order valence-electron chi connectivity index (χ3n) is 3.20. The van der Waals surface area contributed by atoms with Crippen LogP contribution in [0.4, 0.5) is 11.4 Å². The number of rotatable bonds is 6. The molecule has 7 nitrogen and oxygen atoms in total. The fourth-order valence-electron chi connectivity index (χ4n) is 1.97. The van der Waals surface area contributed by atoms with Crippen molar-refractivity contribution in [3.8, 4) is 0 Å². The van der Waals surface area contributed by atoms with Crippen LogP contribution in [0.2, 0.25) is 0 Å². The van der Waals surface area contributed by atoms with E-state index < -0.39 is 10.9 Å². The number of hydrogen-bond donors (Lipinski definition) is 1. The van der Waals surface area contributed by atoms with Crippen LogP contribution >= 0.6 is 0 Å². The lowest BCUT2D eigenvalue weighted by Gasteiger charge is -2.07. The quantitative estimate of drug-likeness (QED) is 0.215. The largest absolute Gasteiger partial charge is 0.506 e. The van der Waals surface area contributed by atoms with E-state index in [0.29, 0.717) is 5.69 Å². The van der Waals surface area contributed by atoms with Crippen molar-refractivity contribution in [2.24, 2.45) is 4.99 Å². The molecule has 2 rings (SSSR count). The van der Waals surface area contributed by atoms with Gasteiger partial charge < -0.3 is 9.84 Å². The van der Waals surface area contributed by atoms with E-state index in [-0.39, 0.29) is 29.2 Å². The Balaban J connectivity index is 2.41. The van der Waals surface area contributed by atoms with E-state index in [1.807, 2.05) is 6.07 Å². The second-order valence-corrected chi connectivity index (χ2v) is 4.88. The molecule has 0 aliphatic carbocycles. The first-order valence-corrected chi connectivity index (χ1v) is 7.47. The van der Waals surface area contributed by atoms with Crippen LogP contribution in [-0.2, 0) is 9.53 Å². The molecule has 0 heterocycles. The summed E-state index contributed by atoms with van der Waals surface area (Å²) in [4.78, 5) is 26.4. The van der Waals surface area contributed by atoms with Crippen molar-refractivity contribution < 1.29 is 19.6 Å². The van der Waals surface area contributed by atoms with Crippen LogP contribution in [0.1, 0.15) is 12.5 Å². The number of non-ortho nitro benzene ring substituents is 1. The molecule has 2 aromatic carbocycles. The Labute approximate surface area is 144 Å². The molecular formula is C18H16N2O5. The van der Waals surface area contributed by atoms with Gasteiger partial charge in [0.25, 0.3) is 5.69 Å². The van der Waals surface area contributed by atoms with E-state index in [0.717, 1.165) is 0 Å². The van der Waals surface area contributed by atoms with E-state index in [1.54, 1.807) is 31.2 Å². The number of nitro benzene ring substituents is 1. The van der Waals surface area contributed by atoms with Crippen molar-refractivity contribution in [2.75, 3.05) is 6.61 Å². The molecule has 0 saturated carbocycles. The van der Waals surface area contributed by atoms with Crippen LogP contribution < -0.4 is 0 Å². The summed E-state index contributed by atoms with van der Waals surface area (Å²) in [6.07, 6.45) is 1.21. The highest BCUT2D eigenvalue weighted by Gasteiger charge is 2.17. The molecule has 0 spiro atoms. The number of benzene rings is 2. The molecule has 0 bridgehead atoms. The summed E-state index contributed by atoms with van der Waals surface area (Å²) in [5.41, 5.74) is 0.584. The average Bonchev–Trinajstić information content (AvgIpc) is 2.63. The number of aliphatic hydroxyl groups is 1. The van der Waals surface area contributed by atoms with Crippen LogP contribution in [-0.4, -0.2) is 28.8 Å². The number of esters is 1. The van der Waals surface area contributed by atoms with Crippen LogP contribution in [0, 0.1) is 10.1 Å². The van der Waals surface area contributed by atoms with Crippen molar-refractivity contribution in [1.29, 1.82) is 0 Å². The van der Waals surface area contributed by atoms with E-state index in [2.05, 4.69) is 4.99 Å². The molecule has 0 saturated heterocycles. The molecule has 0 aliphatic rings.